The smallest absolute Gasteiger partial charge is 0.326 e. The van der Waals surface area contributed by atoms with Crippen LogP contribution >= 0.6 is 0 Å². The molecule has 0 heterocycles. The molecule has 1 atom stereocenters. The first-order valence-electron chi connectivity index (χ1n) is 5.47. The van der Waals surface area contributed by atoms with E-state index in [0.29, 0.717) is 0 Å². The molecule has 0 saturated carbocycles. The third kappa shape index (κ3) is 4.29. The molecule has 0 spiro atoms. The molecule has 1 amide bonds. The Balaban J connectivity index is 2.71. The van der Waals surface area contributed by atoms with Gasteiger partial charge in [-0.15, -0.1) is 0 Å². The van der Waals surface area contributed by atoms with Gasteiger partial charge in [0.05, 0.1) is 0 Å². The quantitative estimate of drug-likeness (QED) is 0.681. The number of carboxylic acid groups (broad SMARTS) is 1. The number of phenols is 1. The SMILES string of the molecule is CC=CC(=O)N[C@@H](Cc1ccc(O)cc1)C(=O)O. The lowest BCUT2D eigenvalue weighted by Gasteiger charge is -2.13. The van der Waals surface area contributed by atoms with Crippen molar-refractivity contribution in [3.63, 3.8) is 0 Å². The second-order valence-electron chi connectivity index (χ2n) is 3.77. The van der Waals surface area contributed by atoms with Crippen LogP contribution in [0.15, 0.2) is 36.4 Å². The molecule has 0 unspecified atom stereocenters. The summed E-state index contributed by atoms with van der Waals surface area (Å²) >= 11 is 0. The van der Waals surface area contributed by atoms with Gasteiger partial charge in [0, 0.05) is 6.42 Å². The number of hydrogen-bond acceptors (Lipinski definition) is 3. The second kappa shape index (κ2) is 6.44. The Morgan fingerprint density at radius 2 is 1.94 bits per heavy atom. The highest BCUT2D eigenvalue weighted by Crippen LogP contribution is 2.11. The zero-order valence-corrected chi connectivity index (χ0v) is 9.96. The summed E-state index contributed by atoms with van der Waals surface area (Å²) in [5.74, 6) is -1.42. The number of nitrogens with one attached hydrogen (secondary N) is 1. The zero-order chi connectivity index (χ0) is 13.5. The Morgan fingerprint density at radius 3 is 2.44 bits per heavy atom. The first-order chi connectivity index (χ1) is 8.52. The van der Waals surface area contributed by atoms with Gasteiger partial charge in [-0.2, -0.15) is 0 Å². The molecule has 96 valence electrons. The van der Waals surface area contributed by atoms with Crippen LogP contribution < -0.4 is 5.32 Å². The summed E-state index contributed by atoms with van der Waals surface area (Å²) in [7, 11) is 0. The number of carbonyl (C=O) groups is 2. The molecule has 1 rings (SSSR count). The molecule has 0 radical (unpaired) electrons. The average molecular weight is 249 g/mol. The van der Waals surface area contributed by atoms with E-state index in [1.807, 2.05) is 0 Å². The topological polar surface area (TPSA) is 86.6 Å². The summed E-state index contributed by atoms with van der Waals surface area (Å²) in [5.41, 5.74) is 0.723. The minimum atomic E-state index is -1.10. The van der Waals surface area contributed by atoms with Crippen molar-refractivity contribution in [1.82, 2.24) is 5.32 Å². The molecular formula is C13H15NO4. The van der Waals surface area contributed by atoms with Gasteiger partial charge in [-0.1, -0.05) is 18.2 Å². The largest absolute Gasteiger partial charge is 0.508 e. The van der Waals surface area contributed by atoms with Gasteiger partial charge >= 0.3 is 5.97 Å². The third-order valence-corrected chi connectivity index (χ3v) is 2.31. The Kier molecular flexibility index (Phi) is 4.92. The van der Waals surface area contributed by atoms with Gasteiger partial charge in [0.2, 0.25) is 5.91 Å². The highest BCUT2D eigenvalue weighted by Gasteiger charge is 2.19. The number of allylic oxidation sites excluding steroid dienone is 1. The van der Waals surface area contributed by atoms with Crippen LogP contribution in [0, 0.1) is 0 Å². The summed E-state index contributed by atoms with van der Waals surface area (Å²) in [6.45, 7) is 1.68. The number of amides is 1. The first-order valence-corrected chi connectivity index (χ1v) is 5.47. The van der Waals surface area contributed by atoms with Crippen LogP contribution in [0.2, 0.25) is 0 Å². The van der Waals surface area contributed by atoms with Crippen molar-refractivity contribution in [2.24, 2.45) is 0 Å². The van der Waals surface area contributed by atoms with E-state index in [2.05, 4.69) is 5.32 Å². The number of hydrogen-bond donors (Lipinski definition) is 3. The molecule has 0 fully saturated rings. The van der Waals surface area contributed by atoms with E-state index < -0.39 is 17.9 Å². The molecule has 0 bridgehead atoms. The van der Waals surface area contributed by atoms with Crippen molar-refractivity contribution in [3.8, 4) is 5.75 Å². The summed E-state index contributed by atoms with van der Waals surface area (Å²) in [6, 6.07) is 5.20. The monoisotopic (exact) mass is 249 g/mol. The fourth-order valence-corrected chi connectivity index (χ4v) is 1.44. The van der Waals surface area contributed by atoms with Gasteiger partial charge in [0.25, 0.3) is 0 Å². The number of carbonyl (C=O) groups excluding carboxylic acids is 1. The van der Waals surface area contributed by atoms with Crippen molar-refractivity contribution in [1.29, 1.82) is 0 Å². The van der Waals surface area contributed by atoms with Crippen LogP contribution in [0.5, 0.6) is 5.75 Å². The van der Waals surface area contributed by atoms with E-state index in [4.69, 9.17) is 10.2 Å². The predicted octanol–water partition coefficient (Wildman–Crippen LogP) is 1.08. The van der Waals surface area contributed by atoms with E-state index in [9.17, 15) is 9.59 Å². The lowest BCUT2D eigenvalue weighted by atomic mass is 10.1. The van der Waals surface area contributed by atoms with Crippen molar-refractivity contribution >= 4 is 11.9 Å². The Morgan fingerprint density at radius 1 is 1.33 bits per heavy atom. The number of aliphatic carboxylic acids is 1. The van der Waals surface area contributed by atoms with Crippen LogP contribution in [-0.4, -0.2) is 28.1 Å². The molecule has 3 N–H and O–H groups in total. The Hall–Kier alpha value is -2.30. The van der Waals surface area contributed by atoms with Crippen molar-refractivity contribution in [2.75, 3.05) is 0 Å². The van der Waals surface area contributed by atoms with E-state index in [1.54, 1.807) is 19.1 Å². The van der Waals surface area contributed by atoms with E-state index in [1.165, 1.54) is 24.3 Å². The Bertz CT molecular complexity index is 451. The van der Waals surface area contributed by atoms with Gasteiger partial charge in [-0.05, 0) is 30.7 Å². The van der Waals surface area contributed by atoms with Gasteiger partial charge in [0.15, 0.2) is 0 Å². The number of benzene rings is 1. The first kappa shape index (κ1) is 13.8. The number of rotatable bonds is 5. The normalized spacial score (nSPS) is 12.3. The van der Waals surface area contributed by atoms with Crippen LogP contribution in [-0.2, 0) is 16.0 Å². The van der Waals surface area contributed by atoms with Crippen molar-refractivity contribution in [2.45, 2.75) is 19.4 Å². The fourth-order valence-electron chi connectivity index (χ4n) is 1.44. The molecule has 18 heavy (non-hydrogen) atoms. The number of phenolic OH excluding ortho intramolecular Hbond substituents is 1. The lowest BCUT2D eigenvalue weighted by Crippen LogP contribution is -2.41. The number of carboxylic acids is 1. The van der Waals surface area contributed by atoms with E-state index in [0.717, 1.165) is 5.56 Å². The fraction of sp³-hybridized carbons (Fsp3) is 0.231. The summed E-state index contributed by atoms with van der Waals surface area (Å²) in [4.78, 5) is 22.3. The molecule has 5 nitrogen and oxygen atoms in total. The van der Waals surface area contributed by atoms with E-state index >= 15 is 0 Å². The molecule has 0 aliphatic rings. The Labute approximate surface area is 105 Å². The van der Waals surface area contributed by atoms with Crippen LogP contribution in [0.1, 0.15) is 12.5 Å². The lowest BCUT2D eigenvalue weighted by molar-refractivity contribution is -0.141. The van der Waals surface area contributed by atoms with Gasteiger partial charge in [-0.3, -0.25) is 4.79 Å². The predicted molar refractivity (Wildman–Crippen MR) is 66.2 cm³/mol. The third-order valence-electron chi connectivity index (χ3n) is 2.31. The van der Waals surface area contributed by atoms with Gasteiger partial charge < -0.3 is 15.5 Å². The number of aromatic hydroxyl groups is 1. The highest BCUT2D eigenvalue weighted by atomic mass is 16.4. The maximum atomic E-state index is 11.3. The van der Waals surface area contributed by atoms with E-state index in [-0.39, 0.29) is 12.2 Å². The molecule has 0 saturated heterocycles. The summed E-state index contributed by atoms with van der Waals surface area (Å²) in [6.07, 6.45) is 2.97. The minimum absolute atomic E-state index is 0.114. The minimum Gasteiger partial charge on any atom is -0.508 e. The van der Waals surface area contributed by atoms with Crippen molar-refractivity contribution < 1.29 is 19.8 Å². The molecule has 0 aliphatic carbocycles. The molecule has 0 aliphatic heterocycles. The average Bonchev–Trinajstić information content (AvgIpc) is 2.31. The van der Waals surface area contributed by atoms with Crippen molar-refractivity contribution in [3.05, 3.63) is 42.0 Å². The zero-order valence-electron chi connectivity index (χ0n) is 9.96. The van der Waals surface area contributed by atoms with Crippen LogP contribution in [0.25, 0.3) is 0 Å². The molecule has 5 heteroatoms. The van der Waals surface area contributed by atoms with Gasteiger partial charge in [0.1, 0.15) is 11.8 Å². The van der Waals surface area contributed by atoms with Gasteiger partial charge in [-0.25, -0.2) is 4.79 Å². The maximum absolute atomic E-state index is 11.3. The molecule has 0 aromatic heterocycles. The molecule has 1 aromatic rings. The molecular weight excluding hydrogens is 234 g/mol. The summed E-state index contributed by atoms with van der Waals surface area (Å²) in [5, 5.41) is 20.5. The standard InChI is InChI=1S/C13H15NO4/c1-2-3-12(16)14-11(13(17)18)8-9-4-6-10(15)7-5-9/h2-7,11,15H,8H2,1H3,(H,14,16)(H,17,18)/t11-/m0/s1. The van der Waals surface area contributed by atoms with Crippen LogP contribution in [0.4, 0.5) is 0 Å². The second-order valence-corrected chi connectivity index (χ2v) is 3.77. The van der Waals surface area contributed by atoms with Crippen LogP contribution in [0.3, 0.4) is 0 Å². The summed E-state index contributed by atoms with van der Waals surface area (Å²) < 4.78 is 0. The highest BCUT2D eigenvalue weighted by molar-refractivity contribution is 5.91. The maximum Gasteiger partial charge on any atom is 0.326 e. The molecule has 1 aromatic carbocycles.